The molecular weight excluding hydrogens is 1240 g/mol. The molecule has 6 heteroatoms. The molecule has 11 aromatic carbocycles. The Morgan fingerprint density at radius 2 is 0.954 bits per heavy atom. The number of rotatable bonds is 16. The molecule has 0 spiro atoms. The van der Waals surface area contributed by atoms with Crippen molar-refractivity contribution in [2.75, 3.05) is 0 Å². The van der Waals surface area contributed by atoms with Crippen LogP contribution in [0.25, 0.3) is 111 Å². The van der Waals surface area contributed by atoms with Gasteiger partial charge in [0.2, 0.25) is 6.33 Å². The Labute approximate surface area is 524 Å². The zero-order valence-corrected chi connectivity index (χ0v) is 51.3. The number of hydrogen-bond acceptors (Lipinski definition) is 2. The van der Waals surface area contributed by atoms with Gasteiger partial charge >= 0.3 is 0 Å². The first-order chi connectivity index (χ1) is 42.3. The van der Waals surface area contributed by atoms with Crippen molar-refractivity contribution in [1.82, 2.24) is 14.1 Å². The van der Waals surface area contributed by atoms with Crippen LogP contribution in [0.2, 0.25) is 0 Å². The van der Waals surface area contributed by atoms with E-state index >= 15 is 0 Å². The Balaban J connectivity index is 0.00000700. The van der Waals surface area contributed by atoms with Crippen molar-refractivity contribution in [3.05, 3.63) is 303 Å². The zero-order valence-electron chi connectivity index (χ0n) is 49.0. The van der Waals surface area contributed by atoms with Crippen LogP contribution in [0, 0.1) is 18.5 Å². The van der Waals surface area contributed by atoms with Crippen LogP contribution in [0.1, 0.15) is 51.2 Å². The Morgan fingerprint density at radius 1 is 0.437 bits per heavy atom. The number of imidazole rings is 1. The van der Waals surface area contributed by atoms with E-state index in [1.54, 1.807) is 0 Å². The second kappa shape index (κ2) is 24.7. The standard InChI is InChI=1S/C81H64N4O.Pt/c1-81(2,3)67-44-45-82-80(53-67)85-76-39-19-18-36-74(76)75-43-42-70(55-79(75)85)86-69-34-23-33-68(54-69)84-56-83(77-40-20-21-41-78(77)84)46-22-8-17-35-73-71(65-49-61(57-25-9-4-10-26-57)47-62(50-65)58-27-11-5-12-28-58)37-24-38-72(73)66-51-63(59-29-13-6-14-30-59)48-64(52-66)60-31-15-7-16-32-60;/h4-7,9-16,18-21,23-34,36-45,47-53H,8,17,22,35,46H2,1-3H3;/q-2;. The van der Waals surface area contributed by atoms with E-state index in [2.05, 4.69) is 302 Å². The van der Waals surface area contributed by atoms with Gasteiger partial charge in [0.25, 0.3) is 0 Å². The van der Waals surface area contributed by atoms with Crippen LogP contribution in [0.4, 0.5) is 0 Å². The van der Waals surface area contributed by atoms with Crippen molar-refractivity contribution in [3.63, 3.8) is 0 Å². The third-order valence-electron chi connectivity index (χ3n) is 16.6. The summed E-state index contributed by atoms with van der Waals surface area (Å²) in [6, 6.07) is 103. The second-order valence-corrected chi connectivity index (χ2v) is 23.4. The van der Waals surface area contributed by atoms with Gasteiger partial charge in [-0.25, -0.2) is 4.98 Å². The molecule has 0 fully saturated rings. The van der Waals surface area contributed by atoms with Gasteiger partial charge in [-0.15, -0.1) is 29.7 Å². The Morgan fingerprint density at radius 3 is 1.54 bits per heavy atom. The smallest absolute Gasteiger partial charge is 0.242 e. The zero-order chi connectivity index (χ0) is 58.0. The number of fused-ring (bicyclic) bond motifs is 4. The first kappa shape index (κ1) is 56.5. The average molecular weight is 1300 g/mol. The van der Waals surface area contributed by atoms with Gasteiger partial charge in [-0.3, -0.25) is 0 Å². The number of aromatic nitrogens is 4. The molecule has 0 aliphatic heterocycles. The second-order valence-electron chi connectivity index (χ2n) is 23.4. The summed E-state index contributed by atoms with van der Waals surface area (Å²) >= 11 is 0. The molecule has 0 atom stereocenters. The van der Waals surface area contributed by atoms with Crippen molar-refractivity contribution >= 4 is 32.8 Å². The summed E-state index contributed by atoms with van der Waals surface area (Å²) in [4.78, 5) is 4.88. The van der Waals surface area contributed by atoms with Gasteiger partial charge in [-0.05, 0) is 169 Å². The third kappa shape index (κ3) is 11.8. The van der Waals surface area contributed by atoms with Crippen LogP contribution >= 0.6 is 0 Å². The monoisotopic (exact) mass is 1300 g/mol. The molecular formula is C81H64N4OPt-2. The molecule has 0 bridgehead atoms. The van der Waals surface area contributed by atoms with E-state index in [-0.39, 0.29) is 26.5 Å². The summed E-state index contributed by atoms with van der Waals surface area (Å²) in [5.41, 5.74) is 22.1. The number of aryl methyl sites for hydroxylation is 1. The first-order valence-electron chi connectivity index (χ1n) is 30.0. The van der Waals surface area contributed by atoms with Gasteiger partial charge in [0.1, 0.15) is 5.82 Å². The maximum atomic E-state index is 6.66. The molecule has 3 aromatic heterocycles. The molecule has 0 aliphatic rings. The maximum absolute atomic E-state index is 6.66. The van der Waals surface area contributed by atoms with Crippen molar-refractivity contribution in [3.8, 4) is 89.8 Å². The van der Waals surface area contributed by atoms with Crippen LogP contribution in [0.15, 0.2) is 273 Å². The Bertz CT molecular complexity index is 4470. The summed E-state index contributed by atoms with van der Waals surface area (Å²) in [5.74, 6) is 2.05. The molecule has 0 unspecified atom stereocenters. The van der Waals surface area contributed by atoms with E-state index in [0.717, 1.165) is 76.6 Å². The number of hydrogen-bond donors (Lipinski definition) is 0. The predicted molar refractivity (Wildman–Crippen MR) is 354 cm³/mol. The molecule has 426 valence electrons. The largest absolute Gasteiger partial charge is 0.510 e. The Kier molecular flexibility index (Phi) is 16.1. The van der Waals surface area contributed by atoms with Gasteiger partial charge in [-0.1, -0.05) is 214 Å². The number of ether oxygens (including phenoxy) is 1. The topological polar surface area (TPSA) is 35.9 Å². The number of benzene rings is 11. The van der Waals surface area contributed by atoms with E-state index in [1.807, 2.05) is 24.4 Å². The van der Waals surface area contributed by atoms with Gasteiger partial charge < -0.3 is 18.4 Å². The molecule has 0 aliphatic carbocycles. The molecule has 0 saturated carbocycles. The predicted octanol–water partition coefficient (Wildman–Crippen LogP) is 20.3. The van der Waals surface area contributed by atoms with Gasteiger partial charge in [-0.2, -0.15) is 18.2 Å². The van der Waals surface area contributed by atoms with Crippen molar-refractivity contribution < 1.29 is 30.4 Å². The van der Waals surface area contributed by atoms with Crippen molar-refractivity contribution in [2.24, 2.45) is 0 Å². The minimum Gasteiger partial charge on any atom is -0.510 e. The van der Waals surface area contributed by atoms with Gasteiger partial charge in [0.05, 0.1) is 17.6 Å². The van der Waals surface area contributed by atoms with E-state index < -0.39 is 0 Å². The molecule has 0 radical (unpaired) electrons. The number of pyridine rings is 1. The van der Waals surface area contributed by atoms with Crippen LogP contribution in [0.3, 0.4) is 0 Å². The summed E-state index contributed by atoms with van der Waals surface area (Å²) in [5, 5.41) is 2.23. The number of nitrogens with zero attached hydrogens (tertiary/aromatic N) is 4. The molecule has 87 heavy (non-hydrogen) atoms. The molecule has 5 nitrogen and oxygen atoms in total. The summed E-state index contributed by atoms with van der Waals surface area (Å²) < 4.78 is 13.2. The van der Waals surface area contributed by atoms with Gasteiger partial charge in [0.15, 0.2) is 0 Å². The number of para-hydroxylation sites is 3. The average Bonchev–Trinajstić information content (AvgIpc) is 1.73. The molecule has 3 heterocycles. The fourth-order valence-corrected chi connectivity index (χ4v) is 12.3. The van der Waals surface area contributed by atoms with Crippen LogP contribution in [-0.2, 0) is 39.4 Å². The minimum atomic E-state index is -0.0327. The Hall–Kier alpha value is -9.67. The summed E-state index contributed by atoms with van der Waals surface area (Å²) in [6.07, 6.45) is 9.58. The van der Waals surface area contributed by atoms with E-state index in [9.17, 15) is 0 Å². The van der Waals surface area contributed by atoms with Gasteiger partial charge in [0, 0.05) is 44.3 Å². The third-order valence-corrected chi connectivity index (χ3v) is 16.6. The molecule has 14 aromatic rings. The van der Waals surface area contributed by atoms with Crippen LogP contribution in [0.5, 0.6) is 11.5 Å². The van der Waals surface area contributed by atoms with Crippen molar-refractivity contribution in [2.45, 2.75) is 58.4 Å². The fourth-order valence-electron chi connectivity index (χ4n) is 12.3. The van der Waals surface area contributed by atoms with Crippen molar-refractivity contribution in [1.29, 1.82) is 0 Å². The molecule has 14 rings (SSSR count). The minimum absolute atomic E-state index is 0. The van der Waals surface area contributed by atoms with Crippen LogP contribution < -0.4 is 9.30 Å². The molecule has 0 N–H and O–H groups in total. The maximum Gasteiger partial charge on any atom is 0.242 e. The molecule has 0 amide bonds. The van der Waals surface area contributed by atoms with E-state index in [1.165, 1.54) is 77.9 Å². The van der Waals surface area contributed by atoms with Crippen LogP contribution in [-0.4, -0.2) is 14.1 Å². The first-order valence-corrected chi connectivity index (χ1v) is 30.0. The summed E-state index contributed by atoms with van der Waals surface area (Å²) in [6.45, 7) is 7.51. The fraction of sp³-hybridized carbons (Fsp3) is 0.111. The number of unbranched alkanes of at least 4 members (excludes halogenated alkanes) is 2. The quantitative estimate of drug-likeness (QED) is 0.0549. The normalized spacial score (nSPS) is 11.5. The summed E-state index contributed by atoms with van der Waals surface area (Å²) in [7, 11) is 0. The van der Waals surface area contributed by atoms with E-state index in [4.69, 9.17) is 9.72 Å². The molecule has 0 saturated heterocycles. The van der Waals surface area contributed by atoms with E-state index in [0.29, 0.717) is 11.5 Å². The SMILES string of the molecule is CC(C)(C)c1ccnc(-n2c3[c-]c(Oc4[c-]c(-n5[c-][n+](CCCCCc6c(-c7cc(-c8ccccc8)cc(-c8ccccc8)c7)cccc6-c6cc(-c7ccccc7)cc(-c7ccccc7)c6)c6ccccc65)ccc4)ccc3c3ccccc32)c1.[Pt].